The number of carbonyl (C=O) groups excluding carboxylic acids is 2. The first-order valence-electron chi connectivity index (χ1n) is 20.4. The molecule has 4 heterocycles. The smallest absolute Gasteiger partial charge is 0.254 e. The first-order chi connectivity index (χ1) is 31.8. The minimum atomic E-state index is -0.825. The fourth-order valence-corrected chi connectivity index (χ4v) is 7.17. The second-order valence-electron chi connectivity index (χ2n) is 15.0. The molecule has 0 aliphatic carbocycles. The summed E-state index contributed by atoms with van der Waals surface area (Å²) in [6.07, 6.45) is 10.5. The van der Waals surface area contributed by atoms with Crippen LogP contribution in [0.25, 0.3) is 11.4 Å². The highest BCUT2D eigenvalue weighted by atomic mass is 35.5. The highest BCUT2D eigenvalue weighted by molar-refractivity contribution is 6.31. The van der Waals surface area contributed by atoms with Crippen molar-refractivity contribution in [2.24, 2.45) is 5.73 Å². The number of nitriles is 1. The molecule has 0 fully saturated rings. The van der Waals surface area contributed by atoms with Gasteiger partial charge in [0.1, 0.15) is 29.3 Å². The fourth-order valence-electron chi connectivity index (χ4n) is 6.78. The Bertz CT molecular complexity index is 3020. The summed E-state index contributed by atoms with van der Waals surface area (Å²) >= 11 is 12.1. The van der Waals surface area contributed by atoms with Crippen molar-refractivity contribution in [2.45, 2.75) is 25.9 Å². The van der Waals surface area contributed by atoms with Gasteiger partial charge in [0, 0.05) is 77.3 Å². The Labute approximate surface area is 389 Å². The maximum atomic E-state index is 13.2. The Morgan fingerprint density at radius 3 is 1.58 bits per heavy atom. The molecule has 4 aromatic carbocycles. The molecule has 6 N–H and O–H groups in total. The van der Waals surface area contributed by atoms with Gasteiger partial charge < -0.3 is 36.1 Å². The van der Waals surface area contributed by atoms with E-state index in [1.165, 1.54) is 24.3 Å². The Morgan fingerprint density at radius 2 is 1.12 bits per heavy atom. The molecule has 0 spiro atoms. The maximum Gasteiger partial charge on any atom is 0.254 e. The number of pyridine rings is 2. The Hall–Kier alpha value is -7.83. The lowest BCUT2D eigenvalue weighted by molar-refractivity contribution is 0.0932. The van der Waals surface area contributed by atoms with Crippen molar-refractivity contribution >= 4 is 58.0 Å². The van der Waals surface area contributed by atoms with E-state index in [1.807, 2.05) is 53.4 Å². The lowest BCUT2D eigenvalue weighted by Crippen LogP contribution is -2.33. The Balaban J connectivity index is 0.000000196. The first-order valence-corrected chi connectivity index (χ1v) is 21.2. The van der Waals surface area contributed by atoms with Crippen molar-refractivity contribution in [1.82, 2.24) is 29.7 Å². The van der Waals surface area contributed by atoms with Crippen LogP contribution in [0, 0.1) is 36.8 Å². The quantitative estimate of drug-likeness (QED) is 0.0762. The van der Waals surface area contributed by atoms with E-state index in [0.717, 1.165) is 33.8 Å². The van der Waals surface area contributed by atoms with Gasteiger partial charge in [-0.15, -0.1) is 0 Å². The van der Waals surface area contributed by atoms with Gasteiger partial charge in [-0.25, -0.2) is 18.7 Å². The topological polar surface area (TPSA) is 168 Å². The van der Waals surface area contributed by atoms with Gasteiger partial charge in [-0.05, 0) is 121 Å². The van der Waals surface area contributed by atoms with Crippen LogP contribution >= 0.6 is 23.2 Å². The molecule has 2 unspecified atom stereocenters. The number of aryl methyl sites for hydroxylation is 2. The molecule has 12 nitrogen and oxygen atoms in total. The molecule has 0 aliphatic heterocycles. The van der Waals surface area contributed by atoms with Gasteiger partial charge in [-0.2, -0.15) is 5.26 Å². The number of nitrogens with one attached hydrogen (secondary N) is 4. The monoisotopic (exact) mass is 922 g/mol. The van der Waals surface area contributed by atoms with Crippen molar-refractivity contribution < 1.29 is 18.4 Å². The van der Waals surface area contributed by atoms with E-state index >= 15 is 0 Å². The van der Waals surface area contributed by atoms with E-state index in [2.05, 4.69) is 37.3 Å². The molecular weight excluding hydrogens is 882 g/mol. The van der Waals surface area contributed by atoms with Crippen LogP contribution in [0.2, 0.25) is 10.0 Å². The fraction of sp³-hybridized carbons (Fsp3) is 0.100. The van der Waals surface area contributed by atoms with Gasteiger partial charge >= 0.3 is 0 Å². The number of carbonyl (C=O) groups is 2. The normalized spacial score (nSPS) is 11.6. The van der Waals surface area contributed by atoms with E-state index in [0.29, 0.717) is 44.1 Å². The Kier molecular flexibility index (Phi) is 14.9. The van der Waals surface area contributed by atoms with Crippen LogP contribution < -0.4 is 27.0 Å². The Morgan fingerprint density at radius 1 is 0.667 bits per heavy atom. The van der Waals surface area contributed by atoms with Crippen LogP contribution in [0.15, 0.2) is 159 Å². The molecule has 4 aromatic heterocycles. The predicted octanol–water partition coefficient (Wildman–Crippen LogP) is 10.9. The zero-order valence-electron chi connectivity index (χ0n) is 35.5. The number of hydrogen-bond acceptors (Lipinski definition) is 8. The number of nitrogens with two attached hydrogens (primary N) is 1. The summed E-state index contributed by atoms with van der Waals surface area (Å²) in [5.41, 5.74) is 13.2. The van der Waals surface area contributed by atoms with Gasteiger partial charge in [0.25, 0.3) is 11.8 Å². The highest BCUT2D eigenvalue weighted by Gasteiger charge is 2.19. The van der Waals surface area contributed by atoms with Crippen molar-refractivity contribution in [3.63, 3.8) is 0 Å². The van der Waals surface area contributed by atoms with Gasteiger partial charge in [-0.3, -0.25) is 9.59 Å². The summed E-state index contributed by atoms with van der Waals surface area (Å²) in [6.45, 7) is 4.09. The molecule has 16 heteroatoms. The van der Waals surface area contributed by atoms with E-state index in [1.54, 1.807) is 104 Å². The lowest BCUT2D eigenvalue weighted by Gasteiger charge is -2.17. The SMILES string of the molecule is Cc1cnc(Nc2ccc(F)cc2)cc1-n1ccc(C(=O)NC(C#N)c2cccc(Cl)c2)c1.Cc1cnc(Nc2ccc(F)cc2)cc1-n1ccc(C(=O)NC(CN)c2cccc(Cl)c2)c1. The van der Waals surface area contributed by atoms with Gasteiger partial charge in [0.15, 0.2) is 0 Å². The summed E-state index contributed by atoms with van der Waals surface area (Å²) in [7, 11) is 0. The van der Waals surface area contributed by atoms with Crippen molar-refractivity contribution in [2.75, 3.05) is 17.2 Å². The number of benzene rings is 4. The van der Waals surface area contributed by atoms with Crippen LogP contribution in [0.1, 0.15) is 55.1 Å². The maximum absolute atomic E-state index is 13.2. The number of nitrogens with zero attached hydrogens (tertiary/aromatic N) is 5. The molecule has 0 bridgehead atoms. The molecule has 8 rings (SSSR count). The molecular formula is C50H42Cl2F2N10O2. The van der Waals surface area contributed by atoms with Crippen LogP contribution in [-0.4, -0.2) is 37.5 Å². The molecule has 0 saturated carbocycles. The van der Waals surface area contributed by atoms with Crippen LogP contribution in [0.4, 0.5) is 31.8 Å². The zero-order chi connectivity index (χ0) is 46.7. The molecule has 2 amide bonds. The van der Waals surface area contributed by atoms with E-state index in [-0.39, 0.29) is 36.0 Å². The number of anilines is 4. The highest BCUT2D eigenvalue weighted by Crippen LogP contribution is 2.25. The largest absolute Gasteiger partial charge is 0.344 e. The third-order valence-electron chi connectivity index (χ3n) is 10.2. The summed E-state index contributed by atoms with van der Waals surface area (Å²) in [5, 5.41) is 22.6. The molecule has 0 radical (unpaired) electrons. The third kappa shape index (κ3) is 11.8. The van der Waals surface area contributed by atoms with E-state index in [9.17, 15) is 23.6 Å². The van der Waals surface area contributed by atoms with Crippen LogP contribution in [0.5, 0.6) is 0 Å². The van der Waals surface area contributed by atoms with Crippen LogP contribution in [0.3, 0.4) is 0 Å². The summed E-state index contributed by atoms with van der Waals surface area (Å²) < 4.78 is 30.0. The third-order valence-corrected chi connectivity index (χ3v) is 10.7. The minimum absolute atomic E-state index is 0.236. The van der Waals surface area contributed by atoms with Gasteiger partial charge in [-0.1, -0.05) is 47.5 Å². The lowest BCUT2D eigenvalue weighted by atomic mass is 10.1. The number of halogens is 4. The van der Waals surface area contributed by atoms with Crippen molar-refractivity contribution in [3.8, 4) is 17.4 Å². The standard InChI is InChI=1S/C25H23ClFN5O.C25H19ClFN5O/c2*1-16-14-29-24(30-21-7-5-20(27)6-8-21)12-23(16)32-10-9-18(15-32)25(33)31-22(13-28)17-3-2-4-19(26)11-17/h2-12,14-15,22H,13,28H2,1H3,(H,29,30)(H,31,33);2-12,14-15,22H,1H3,(H,29,30)(H,31,33). The average Bonchev–Trinajstić information content (AvgIpc) is 4.02. The molecule has 0 aliphatic rings. The predicted molar refractivity (Wildman–Crippen MR) is 254 cm³/mol. The van der Waals surface area contributed by atoms with E-state index < -0.39 is 6.04 Å². The second kappa shape index (κ2) is 21.2. The number of aromatic nitrogens is 4. The molecule has 0 saturated heterocycles. The summed E-state index contributed by atoms with van der Waals surface area (Å²) in [6, 6.07) is 34.2. The average molecular weight is 924 g/mol. The molecule has 8 aromatic rings. The summed E-state index contributed by atoms with van der Waals surface area (Å²) in [4.78, 5) is 34.4. The summed E-state index contributed by atoms with van der Waals surface area (Å²) in [5.74, 6) is -0.0515. The van der Waals surface area contributed by atoms with Crippen molar-refractivity contribution in [1.29, 1.82) is 5.26 Å². The number of hydrogen-bond donors (Lipinski definition) is 5. The minimum Gasteiger partial charge on any atom is -0.344 e. The number of amides is 2. The zero-order valence-corrected chi connectivity index (χ0v) is 37.0. The van der Waals surface area contributed by atoms with Gasteiger partial charge in [0.2, 0.25) is 0 Å². The second-order valence-corrected chi connectivity index (χ2v) is 15.9. The van der Waals surface area contributed by atoms with E-state index in [4.69, 9.17) is 28.9 Å². The first kappa shape index (κ1) is 46.2. The molecule has 332 valence electrons. The van der Waals surface area contributed by atoms with Crippen LogP contribution in [-0.2, 0) is 0 Å². The number of rotatable bonds is 13. The molecule has 66 heavy (non-hydrogen) atoms. The van der Waals surface area contributed by atoms with Crippen molar-refractivity contribution in [3.05, 3.63) is 214 Å². The van der Waals surface area contributed by atoms with Gasteiger partial charge in [0.05, 0.1) is 34.6 Å². The molecule has 2 atom stereocenters.